The second-order valence-electron chi connectivity index (χ2n) is 3.18. The fraction of sp³-hybridized carbons (Fsp3) is 0.0909. The molecule has 0 saturated carbocycles. The van der Waals surface area contributed by atoms with E-state index in [1.54, 1.807) is 29.2 Å². The molecule has 16 heavy (non-hydrogen) atoms. The average Bonchev–Trinajstić information content (AvgIpc) is 2.63. The highest BCUT2D eigenvalue weighted by atomic mass is 79.9. The van der Waals surface area contributed by atoms with Gasteiger partial charge in [-0.3, -0.25) is 0 Å². The highest BCUT2D eigenvalue weighted by Crippen LogP contribution is 2.33. The van der Waals surface area contributed by atoms with E-state index in [9.17, 15) is 0 Å². The van der Waals surface area contributed by atoms with Gasteiger partial charge in [-0.15, -0.1) is 23.1 Å². The Morgan fingerprint density at radius 3 is 2.75 bits per heavy atom. The van der Waals surface area contributed by atoms with Gasteiger partial charge in [-0.2, -0.15) is 0 Å². The van der Waals surface area contributed by atoms with Crippen LogP contribution in [0.4, 0.5) is 5.69 Å². The standard InChI is InChI=1S/C11H9BrClNS2/c12-11-4-2-8(16-11)6-15-10-3-1-7(14)5-9(10)13/h1-5H,6,14H2. The third kappa shape index (κ3) is 3.17. The molecule has 1 aromatic carbocycles. The molecule has 2 N–H and O–H groups in total. The lowest BCUT2D eigenvalue weighted by atomic mass is 10.3. The maximum atomic E-state index is 6.09. The molecule has 2 rings (SSSR count). The first kappa shape index (κ1) is 12.3. The van der Waals surface area contributed by atoms with Gasteiger partial charge in [0.2, 0.25) is 0 Å². The number of nitrogens with two attached hydrogens (primary N) is 1. The molecule has 0 aliphatic rings. The molecule has 0 atom stereocenters. The molecule has 84 valence electrons. The van der Waals surface area contributed by atoms with Gasteiger partial charge in [0.05, 0.1) is 8.81 Å². The van der Waals surface area contributed by atoms with Crippen LogP contribution in [0.5, 0.6) is 0 Å². The van der Waals surface area contributed by atoms with Crippen LogP contribution in [0.15, 0.2) is 39.0 Å². The van der Waals surface area contributed by atoms with Gasteiger partial charge in [-0.1, -0.05) is 11.6 Å². The largest absolute Gasteiger partial charge is 0.399 e. The molecule has 0 aliphatic carbocycles. The lowest BCUT2D eigenvalue weighted by molar-refractivity contribution is 1.43. The summed E-state index contributed by atoms with van der Waals surface area (Å²) < 4.78 is 1.16. The number of halogens is 2. The lowest BCUT2D eigenvalue weighted by Crippen LogP contribution is -1.84. The van der Waals surface area contributed by atoms with E-state index in [1.165, 1.54) is 4.88 Å². The second-order valence-corrected chi connectivity index (χ2v) is 7.16. The van der Waals surface area contributed by atoms with Crippen LogP contribution in [0.1, 0.15) is 4.88 Å². The van der Waals surface area contributed by atoms with Gasteiger partial charge in [0.15, 0.2) is 0 Å². The highest BCUT2D eigenvalue weighted by Gasteiger charge is 2.03. The molecule has 1 heterocycles. The van der Waals surface area contributed by atoms with Crippen molar-refractivity contribution >= 4 is 56.3 Å². The van der Waals surface area contributed by atoms with Crippen LogP contribution >= 0.6 is 50.6 Å². The van der Waals surface area contributed by atoms with Crippen LogP contribution in [0.3, 0.4) is 0 Å². The van der Waals surface area contributed by atoms with E-state index >= 15 is 0 Å². The van der Waals surface area contributed by atoms with Crippen molar-refractivity contribution in [3.05, 3.63) is 44.0 Å². The zero-order chi connectivity index (χ0) is 11.5. The predicted molar refractivity (Wildman–Crippen MR) is 77.4 cm³/mol. The van der Waals surface area contributed by atoms with Gasteiger partial charge in [0.1, 0.15) is 0 Å². The molecule has 1 nitrogen and oxygen atoms in total. The maximum Gasteiger partial charge on any atom is 0.0701 e. The van der Waals surface area contributed by atoms with Gasteiger partial charge in [0.25, 0.3) is 0 Å². The van der Waals surface area contributed by atoms with Crippen molar-refractivity contribution in [1.29, 1.82) is 0 Å². The quantitative estimate of drug-likeness (QED) is 0.628. The first-order valence-electron chi connectivity index (χ1n) is 4.57. The molecule has 0 spiro atoms. The Balaban J connectivity index is 2.04. The third-order valence-corrected chi connectivity index (χ3v) is 5.31. The Kier molecular flexibility index (Phi) is 4.19. The van der Waals surface area contributed by atoms with Crippen molar-refractivity contribution in [1.82, 2.24) is 0 Å². The third-order valence-electron chi connectivity index (χ3n) is 1.95. The van der Waals surface area contributed by atoms with E-state index in [1.807, 2.05) is 12.1 Å². The van der Waals surface area contributed by atoms with Gasteiger partial charge in [-0.05, 0) is 46.3 Å². The Morgan fingerprint density at radius 2 is 2.12 bits per heavy atom. The summed E-state index contributed by atoms with van der Waals surface area (Å²) in [6.45, 7) is 0. The summed E-state index contributed by atoms with van der Waals surface area (Å²) in [5.41, 5.74) is 6.34. The van der Waals surface area contributed by atoms with Gasteiger partial charge < -0.3 is 5.73 Å². The van der Waals surface area contributed by atoms with Gasteiger partial charge >= 0.3 is 0 Å². The zero-order valence-corrected chi connectivity index (χ0v) is 12.2. The predicted octanol–water partition coefficient (Wildman–Crippen LogP) is 5.04. The fourth-order valence-electron chi connectivity index (χ4n) is 1.21. The van der Waals surface area contributed by atoms with Crippen molar-refractivity contribution in [3.63, 3.8) is 0 Å². The van der Waals surface area contributed by atoms with Crippen LogP contribution in [0.2, 0.25) is 5.02 Å². The first-order valence-corrected chi connectivity index (χ1v) is 7.54. The minimum atomic E-state index is 0.702. The number of benzene rings is 1. The van der Waals surface area contributed by atoms with Gasteiger partial charge in [0, 0.05) is 21.2 Å². The second kappa shape index (κ2) is 5.45. The molecule has 0 aliphatic heterocycles. The molecule has 0 bridgehead atoms. The summed E-state index contributed by atoms with van der Waals surface area (Å²) >= 11 is 13.0. The van der Waals surface area contributed by atoms with Crippen molar-refractivity contribution < 1.29 is 0 Å². The molecule has 0 fully saturated rings. The smallest absolute Gasteiger partial charge is 0.0701 e. The molecule has 0 radical (unpaired) electrons. The van der Waals surface area contributed by atoms with Crippen molar-refractivity contribution in [2.75, 3.05) is 5.73 Å². The summed E-state index contributed by atoms with van der Waals surface area (Å²) in [6.07, 6.45) is 0. The van der Waals surface area contributed by atoms with Crippen molar-refractivity contribution in [2.24, 2.45) is 0 Å². The number of thioether (sulfide) groups is 1. The van der Waals surface area contributed by atoms with Crippen LogP contribution in [0, 0.1) is 0 Å². The molecule has 0 unspecified atom stereocenters. The summed E-state index contributed by atoms with van der Waals surface area (Å²) in [5.74, 6) is 0.930. The van der Waals surface area contributed by atoms with Crippen LogP contribution in [-0.2, 0) is 5.75 Å². The van der Waals surface area contributed by atoms with E-state index in [-0.39, 0.29) is 0 Å². The normalized spacial score (nSPS) is 10.6. The van der Waals surface area contributed by atoms with Crippen LogP contribution in [-0.4, -0.2) is 0 Å². The maximum absolute atomic E-state index is 6.09. The Labute approximate surface area is 116 Å². The highest BCUT2D eigenvalue weighted by molar-refractivity contribution is 9.11. The number of thiophene rings is 1. The minimum absolute atomic E-state index is 0.702. The first-order chi connectivity index (χ1) is 7.65. The van der Waals surface area contributed by atoms with Crippen molar-refractivity contribution in [2.45, 2.75) is 10.6 Å². The number of hydrogen-bond acceptors (Lipinski definition) is 3. The lowest BCUT2D eigenvalue weighted by Gasteiger charge is -2.03. The van der Waals surface area contributed by atoms with E-state index in [0.29, 0.717) is 5.69 Å². The van der Waals surface area contributed by atoms with Crippen LogP contribution < -0.4 is 5.73 Å². The SMILES string of the molecule is Nc1ccc(SCc2ccc(Br)s2)c(Cl)c1. The van der Waals surface area contributed by atoms with E-state index < -0.39 is 0 Å². The molecular weight excluding hydrogens is 326 g/mol. The fourth-order valence-corrected chi connectivity index (χ4v) is 4.01. The summed E-state index contributed by atoms with van der Waals surface area (Å²) in [6, 6.07) is 9.80. The molecule has 1 aromatic heterocycles. The summed E-state index contributed by atoms with van der Waals surface area (Å²) in [7, 11) is 0. The van der Waals surface area contributed by atoms with Crippen LogP contribution in [0.25, 0.3) is 0 Å². The molecule has 0 saturated heterocycles. The monoisotopic (exact) mass is 333 g/mol. The molecule has 2 aromatic rings. The topological polar surface area (TPSA) is 26.0 Å². The molecule has 5 heteroatoms. The number of hydrogen-bond donors (Lipinski definition) is 1. The molecule has 0 amide bonds. The minimum Gasteiger partial charge on any atom is -0.399 e. The number of rotatable bonds is 3. The molecular formula is C11H9BrClNS2. The number of anilines is 1. The summed E-state index contributed by atoms with van der Waals surface area (Å²) in [5, 5.41) is 0.723. The number of nitrogen functional groups attached to an aromatic ring is 1. The Hall–Kier alpha value is -0.160. The van der Waals surface area contributed by atoms with Gasteiger partial charge in [-0.25, -0.2) is 0 Å². The Morgan fingerprint density at radius 1 is 1.31 bits per heavy atom. The van der Waals surface area contributed by atoms with E-state index in [0.717, 1.165) is 19.5 Å². The van der Waals surface area contributed by atoms with Crippen molar-refractivity contribution in [3.8, 4) is 0 Å². The van der Waals surface area contributed by atoms with E-state index in [4.69, 9.17) is 17.3 Å². The Bertz CT molecular complexity index is 498. The van der Waals surface area contributed by atoms with E-state index in [2.05, 4.69) is 28.1 Å². The summed E-state index contributed by atoms with van der Waals surface area (Å²) in [4.78, 5) is 2.39. The average molecular weight is 335 g/mol. The zero-order valence-electron chi connectivity index (χ0n) is 8.24.